The van der Waals surface area contributed by atoms with Gasteiger partial charge in [-0.15, -0.1) is 0 Å². The molecule has 0 saturated heterocycles. The number of nitriles is 2. The summed E-state index contributed by atoms with van der Waals surface area (Å²) in [5, 5.41) is 21.7. The number of hydrogen-bond donors (Lipinski definition) is 2. The second kappa shape index (κ2) is 5.58. The molecule has 1 saturated carbocycles. The molecule has 24 heavy (non-hydrogen) atoms. The molecule has 1 aliphatic carbocycles. The van der Waals surface area contributed by atoms with Crippen molar-refractivity contribution < 1.29 is 0 Å². The Hall–Kier alpha value is -2.98. The van der Waals surface area contributed by atoms with Crippen molar-refractivity contribution in [2.75, 3.05) is 5.32 Å². The summed E-state index contributed by atoms with van der Waals surface area (Å²) in [6.45, 7) is 0. The largest absolute Gasteiger partial charge is 0.357 e. The molecule has 1 aromatic heterocycles. The molecular formula is C20H18N4. The molecule has 0 amide bonds. The van der Waals surface area contributed by atoms with Crippen molar-refractivity contribution in [1.82, 2.24) is 4.98 Å². The molecule has 1 spiro atoms. The summed E-state index contributed by atoms with van der Waals surface area (Å²) in [5.74, 6) is 0. The predicted molar refractivity (Wildman–Crippen MR) is 93.0 cm³/mol. The molecule has 0 bridgehead atoms. The van der Waals surface area contributed by atoms with Gasteiger partial charge in [0.15, 0.2) is 0 Å². The number of benzene rings is 1. The van der Waals surface area contributed by atoms with E-state index in [9.17, 15) is 5.26 Å². The molecular weight excluding hydrogens is 296 g/mol. The zero-order valence-electron chi connectivity index (χ0n) is 13.4. The maximum absolute atomic E-state index is 9.18. The van der Waals surface area contributed by atoms with Gasteiger partial charge in [-0.1, -0.05) is 25.3 Å². The van der Waals surface area contributed by atoms with Gasteiger partial charge in [0.2, 0.25) is 0 Å². The van der Waals surface area contributed by atoms with Crippen LogP contribution < -0.4 is 5.32 Å². The van der Waals surface area contributed by atoms with Crippen LogP contribution in [0.5, 0.6) is 0 Å². The fourth-order valence-corrected chi connectivity index (χ4v) is 4.19. The minimum absolute atomic E-state index is 0.0516. The number of allylic oxidation sites excluding steroid dienone is 2. The third-order valence-corrected chi connectivity index (χ3v) is 5.35. The van der Waals surface area contributed by atoms with Gasteiger partial charge in [-0.05, 0) is 48.2 Å². The van der Waals surface area contributed by atoms with Crippen LogP contribution in [0.25, 0.3) is 11.3 Å². The fourth-order valence-electron chi connectivity index (χ4n) is 4.19. The second-order valence-electron chi connectivity index (χ2n) is 6.61. The Morgan fingerprint density at radius 3 is 2.58 bits per heavy atom. The van der Waals surface area contributed by atoms with E-state index in [1.807, 2.05) is 6.07 Å². The van der Waals surface area contributed by atoms with Crippen molar-refractivity contribution in [2.45, 2.75) is 37.5 Å². The van der Waals surface area contributed by atoms with E-state index in [1.165, 1.54) is 24.8 Å². The minimum atomic E-state index is -0.0516. The van der Waals surface area contributed by atoms with Crippen molar-refractivity contribution in [3.05, 3.63) is 53.4 Å². The maximum atomic E-state index is 9.18. The number of anilines is 1. The van der Waals surface area contributed by atoms with Crippen LogP contribution in [0.3, 0.4) is 0 Å². The van der Waals surface area contributed by atoms with Gasteiger partial charge in [-0.25, -0.2) is 0 Å². The van der Waals surface area contributed by atoms with E-state index in [2.05, 4.69) is 40.6 Å². The third kappa shape index (κ3) is 2.12. The van der Waals surface area contributed by atoms with Crippen molar-refractivity contribution in [3.8, 4) is 23.4 Å². The number of hydrogen-bond acceptors (Lipinski definition) is 3. The zero-order valence-corrected chi connectivity index (χ0v) is 13.4. The van der Waals surface area contributed by atoms with Crippen molar-refractivity contribution in [2.24, 2.45) is 0 Å². The van der Waals surface area contributed by atoms with E-state index in [4.69, 9.17) is 5.26 Å². The second-order valence-corrected chi connectivity index (χ2v) is 6.61. The Labute approximate surface area is 141 Å². The topological polar surface area (TPSA) is 75.4 Å². The van der Waals surface area contributed by atoms with Gasteiger partial charge in [0, 0.05) is 28.6 Å². The number of aromatic nitrogens is 1. The smallest absolute Gasteiger partial charge is 0.118 e. The summed E-state index contributed by atoms with van der Waals surface area (Å²) in [5.41, 5.74) is 5.99. The predicted octanol–water partition coefficient (Wildman–Crippen LogP) is 4.59. The standard InChI is InChI=1S/C20H18N4/c21-11-8-19-20(9-2-1-3-10-20)16-12-14(4-6-18(16)24-19)17-7-5-15(13-22)23-17/h4-8,12,23-24H,1-3,9-10H2/b19-8+. The highest BCUT2D eigenvalue weighted by Gasteiger charge is 2.43. The summed E-state index contributed by atoms with van der Waals surface area (Å²) >= 11 is 0. The lowest BCUT2D eigenvalue weighted by atomic mass is 9.68. The Morgan fingerprint density at radius 1 is 1.04 bits per heavy atom. The van der Waals surface area contributed by atoms with Gasteiger partial charge in [0.05, 0.1) is 6.07 Å². The van der Waals surface area contributed by atoms with E-state index in [-0.39, 0.29) is 5.41 Å². The van der Waals surface area contributed by atoms with Crippen LogP contribution in [0.4, 0.5) is 5.69 Å². The minimum Gasteiger partial charge on any atom is -0.357 e. The molecule has 4 nitrogen and oxygen atoms in total. The van der Waals surface area contributed by atoms with Gasteiger partial charge in [0.1, 0.15) is 11.8 Å². The molecule has 2 heterocycles. The van der Waals surface area contributed by atoms with Crippen LogP contribution in [0, 0.1) is 22.7 Å². The van der Waals surface area contributed by atoms with Gasteiger partial charge in [0.25, 0.3) is 0 Å². The van der Waals surface area contributed by atoms with Gasteiger partial charge >= 0.3 is 0 Å². The number of rotatable bonds is 1. The Morgan fingerprint density at radius 2 is 1.88 bits per heavy atom. The van der Waals surface area contributed by atoms with Crippen molar-refractivity contribution >= 4 is 5.69 Å². The molecule has 118 valence electrons. The molecule has 0 unspecified atom stereocenters. The third-order valence-electron chi connectivity index (χ3n) is 5.35. The van der Waals surface area contributed by atoms with E-state index >= 15 is 0 Å². The highest BCUT2D eigenvalue weighted by molar-refractivity contribution is 5.75. The van der Waals surface area contributed by atoms with Gasteiger partial charge in [-0.2, -0.15) is 10.5 Å². The van der Waals surface area contributed by atoms with Crippen LogP contribution in [0.15, 0.2) is 42.1 Å². The van der Waals surface area contributed by atoms with Crippen LogP contribution >= 0.6 is 0 Å². The maximum Gasteiger partial charge on any atom is 0.118 e. The first-order valence-corrected chi connectivity index (χ1v) is 8.38. The Kier molecular flexibility index (Phi) is 3.40. The summed E-state index contributed by atoms with van der Waals surface area (Å²) < 4.78 is 0. The molecule has 0 atom stereocenters. The number of nitrogens with zero attached hydrogens (tertiary/aromatic N) is 2. The molecule has 2 N–H and O–H groups in total. The van der Waals surface area contributed by atoms with Crippen LogP contribution in [-0.4, -0.2) is 4.98 Å². The van der Waals surface area contributed by atoms with Crippen LogP contribution in [-0.2, 0) is 5.41 Å². The highest BCUT2D eigenvalue weighted by Crippen LogP contribution is 2.52. The normalized spacial score (nSPS) is 19.5. The fraction of sp³-hybridized carbons (Fsp3) is 0.300. The number of aromatic amines is 1. The van der Waals surface area contributed by atoms with E-state index in [0.717, 1.165) is 35.5 Å². The molecule has 2 aliphatic rings. The van der Waals surface area contributed by atoms with Crippen molar-refractivity contribution in [3.63, 3.8) is 0 Å². The summed E-state index contributed by atoms with van der Waals surface area (Å²) in [6.07, 6.45) is 7.48. The van der Waals surface area contributed by atoms with Gasteiger partial charge < -0.3 is 10.3 Å². The lowest BCUT2D eigenvalue weighted by Crippen LogP contribution is -2.29. The Bertz CT molecular complexity index is 898. The van der Waals surface area contributed by atoms with E-state index in [0.29, 0.717) is 5.69 Å². The Balaban J connectivity index is 1.83. The number of fused-ring (bicyclic) bond motifs is 2. The number of H-pyrrole nitrogens is 1. The monoisotopic (exact) mass is 314 g/mol. The summed E-state index contributed by atoms with van der Waals surface area (Å²) in [6, 6.07) is 14.5. The first-order chi connectivity index (χ1) is 11.8. The lowest BCUT2D eigenvalue weighted by Gasteiger charge is -2.34. The highest BCUT2D eigenvalue weighted by atomic mass is 15.0. The number of nitrogens with one attached hydrogen (secondary N) is 2. The van der Waals surface area contributed by atoms with Crippen LogP contribution in [0.2, 0.25) is 0 Å². The summed E-state index contributed by atoms with van der Waals surface area (Å²) in [4.78, 5) is 3.15. The van der Waals surface area contributed by atoms with Gasteiger partial charge in [-0.3, -0.25) is 0 Å². The first-order valence-electron chi connectivity index (χ1n) is 8.38. The molecule has 0 radical (unpaired) electrons. The lowest BCUT2D eigenvalue weighted by molar-refractivity contribution is 0.350. The summed E-state index contributed by atoms with van der Waals surface area (Å²) in [7, 11) is 0. The van der Waals surface area contributed by atoms with Crippen molar-refractivity contribution in [1.29, 1.82) is 10.5 Å². The van der Waals surface area contributed by atoms with E-state index in [1.54, 1.807) is 12.1 Å². The average Bonchev–Trinajstić information content (AvgIpc) is 3.20. The zero-order chi connectivity index (χ0) is 16.6. The van der Waals surface area contributed by atoms with E-state index < -0.39 is 0 Å². The first kappa shape index (κ1) is 14.6. The quantitative estimate of drug-likeness (QED) is 0.756. The molecule has 1 aromatic carbocycles. The molecule has 2 aromatic rings. The molecule has 4 heteroatoms. The molecule has 1 aliphatic heterocycles. The SMILES string of the molecule is N#C/C=C1/Nc2ccc(-c3ccc(C#N)[nH]3)cc2C12CCCCC2. The molecule has 4 rings (SSSR count). The average molecular weight is 314 g/mol. The van der Waals surface area contributed by atoms with Crippen LogP contribution in [0.1, 0.15) is 43.4 Å². The molecule has 1 fully saturated rings.